The summed E-state index contributed by atoms with van der Waals surface area (Å²) in [7, 11) is 2.18. The zero-order valence-corrected chi connectivity index (χ0v) is 8.45. The molecule has 3 nitrogen and oxygen atoms in total. The number of aliphatic hydroxyl groups excluding tert-OH is 1. The van der Waals surface area contributed by atoms with Gasteiger partial charge in [0.2, 0.25) is 0 Å². The third-order valence-corrected chi connectivity index (χ3v) is 3.47. The highest BCUT2D eigenvalue weighted by molar-refractivity contribution is 4.89. The van der Waals surface area contributed by atoms with Crippen LogP contribution in [0.15, 0.2) is 0 Å². The Morgan fingerprint density at radius 3 is 2.77 bits per heavy atom. The first-order valence-corrected chi connectivity index (χ1v) is 5.36. The summed E-state index contributed by atoms with van der Waals surface area (Å²) in [6.45, 7) is 3.96. The maximum absolute atomic E-state index is 9.21. The monoisotopic (exact) mass is 184 g/mol. The van der Waals surface area contributed by atoms with Crippen LogP contribution in [0.5, 0.6) is 0 Å². The topological polar surface area (TPSA) is 26.7 Å². The smallest absolute Gasteiger partial charge is 0.0587 e. The molecule has 2 fully saturated rings. The summed E-state index contributed by atoms with van der Waals surface area (Å²) in [5, 5.41) is 9.21. The molecule has 2 unspecified atom stereocenters. The summed E-state index contributed by atoms with van der Waals surface area (Å²) >= 11 is 0. The van der Waals surface area contributed by atoms with E-state index in [1.165, 1.54) is 38.9 Å². The summed E-state index contributed by atoms with van der Waals surface area (Å²) in [6.07, 6.45) is 3.75. The molecule has 2 rings (SSSR count). The molecular formula is C10H20N2O. The van der Waals surface area contributed by atoms with Crippen molar-refractivity contribution in [2.24, 2.45) is 0 Å². The average Bonchev–Trinajstić information content (AvgIpc) is 2.71. The van der Waals surface area contributed by atoms with Crippen LogP contribution in [0, 0.1) is 0 Å². The van der Waals surface area contributed by atoms with E-state index in [4.69, 9.17) is 0 Å². The van der Waals surface area contributed by atoms with Crippen molar-refractivity contribution in [2.45, 2.75) is 31.3 Å². The van der Waals surface area contributed by atoms with Gasteiger partial charge in [-0.3, -0.25) is 4.90 Å². The van der Waals surface area contributed by atoms with Gasteiger partial charge in [-0.05, 0) is 39.4 Å². The van der Waals surface area contributed by atoms with Crippen molar-refractivity contribution in [3.8, 4) is 0 Å². The molecule has 0 aromatic rings. The van der Waals surface area contributed by atoms with Gasteiger partial charge in [0.05, 0.1) is 6.61 Å². The molecule has 0 spiro atoms. The van der Waals surface area contributed by atoms with Gasteiger partial charge in [-0.25, -0.2) is 0 Å². The molecule has 0 aliphatic carbocycles. The van der Waals surface area contributed by atoms with E-state index in [-0.39, 0.29) is 0 Å². The molecule has 0 radical (unpaired) electrons. The van der Waals surface area contributed by atoms with E-state index in [1.54, 1.807) is 0 Å². The number of hydrogen-bond donors (Lipinski definition) is 1. The van der Waals surface area contributed by atoms with Crippen LogP contribution in [0.2, 0.25) is 0 Å². The summed E-state index contributed by atoms with van der Waals surface area (Å²) < 4.78 is 0. The second-order valence-electron chi connectivity index (χ2n) is 4.42. The normalized spacial score (nSPS) is 37.4. The molecule has 2 heterocycles. The predicted octanol–water partition coefficient (Wildman–Crippen LogP) is 0.147. The van der Waals surface area contributed by atoms with Crippen LogP contribution >= 0.6 is 0 Å². The van der Waals surface area contributed by atoms with Crippen LogP contribution in [0.1, 0.15) is 19.3 Å². The van der Waals surface area contributed by atoms with E-state index >= 15 is 0 Å². The average molecular weight is 184 g/mol. The van der Waals surface area contributed by atoms with Gasteiger partial charge in [-0.15, -0.1) is 0 Å². The minimum absolute atomic E-state index is 0.347. The van der Waals surface area contributed by atoms with Gasteiger partial charge >= 0.3 is 0 Å². The van der Waals surface area contributed by atoms with Crippen molar-refractivity contribution in [1.82, 2.24) is 9.80 Å². The zero-order valence-electron chi connectivity index (χ0n) is 8.45. The summed E-state index contributed by atoms with van der Waals surface area (Å²) in [4.78, 5) is 4.90. The molecule has 0 amide bonds. The number of nitrogens with zero attached hydrogens (tertiary/aromatic N) is 2. The summed E-state index contributed by atoms with van der Waals surface area (Å²) in [5.41, 5.74) is 0. The van der Waals surface area contributed by atoms with Crippen LogP contribution in [0.3, 0.4) is 0 Å². The fraction of sp³-hybridized carbons (Fsp3) is 1.00. The van der Waals surface area contributed by atoms with Gasteiger partial charge in [-0.2, -0.15) is 0 Å². The molecule has 13 heavy (non-hydrogen) atoms. The molecule has 0 bridgehead atoms. The highest BCUT2D eigenvalue weighted by Crippen LogP contribution is 2.24. The third kappa shape index (κ3) is 1.87. The van der Waals surface area contributed by atoms with Crippen molar-refractivity contribution >= 4 is 0 Å². The molecule has 2 aliphatic heterocycles. The minimum atomic E-state index is 0.347. The number of rotatable bonds is 2. The van der Waals surface area contributed by atoms with Gasteiger partial charge in [0.15, 0.2) is 0 Å². The Hall–Kier alpha value is -0.120. The second kappa shape index (κ2) is 3.95. The van der Waals surface area contributed by atoms with Crippen LogP contribution in [0.4, 0.5) is 0 Å². The molecule has 0 saturated carbocycles. The Labute approximate surface area is 80.3 Å². The van der Waals surface area contributed by atoms with E-state index in [2.05, 4.69) is 16.8 Å². The van der Waals surface area contributed by atoms with Crippen LogP contribution < -0.4 is 0 Å². The Kier molecular flexibility index (Phi) is 2.86. The second-order valence-corrected chi connectivity index (χ2v) is 4.42. The highest BCUT2D eigenvalue weighted by Gasteiger charge is 2.33. The Balaban J connectivity index is 1.92. The highest BCUT2D eigenvalue weighted by atomic mass is 16.3. The lowest BCUT2D eigenvalue weighted by atomic mass is 10.2. The third-order valence-electron chi connectivity index (χ3n) is 3.47. The van der Waals surface area contributed by atoms with Gasteiger partial charge in [-0.1, -0.05) is 0 Å². The maximum Gasteiger partial charge on any atom is 0.0587 e. The van der Waals surface area contributed by atoms with Crippen LogP contribution in [0.25, 0.3) is 0 Å². The fourth-order valence-electron chi connectivity index (χ4n) is 2.72. The lowest BCUT2D eigenvalue weighted by Crippen LogP contribution is -2.42. The molecular weight excluding hydrogens is 164 g/mol. The van der Waals surface area contributed by atoms with E-state index in [9.17, 15) is 5.11 Å². The lowest BCUT2D eigenvalue weighted by Gasteiger charge is -2.29. The Morgan fingerprint density at radius 2 is 2.15 bits per heavy atom. The maximum atomic E-state index is 9.21. The Morgan fingerprint density at radius 1 is 1.31 bits per heavy atom. The van der Waals surface area contributed by atoms with Gasteiger partial charge in [0, 0.05) is 18.6 Å². The number of likely N-dealkylation sites (N-methyl/N-ethyl adjacent to an activating group) is 1. The standard InChI is InChI=1S/C10H20N2O/c1-11-6-4-9(7-11)12-5-2-3-10(12)8-13/h9-10,13H,2-8H2,1H3. The lowest BCUT2D eigenvalue weighted by molar-refractivity contribution is 0.121. The van der Waals surface area contributed by atoms with Crippen molar-refractivity contribution in [3.05, 3.63) is 0 Å². The summed E-state index contributed by atoms with van der Waals surface area (Å²) in [5.74, 6) is 0. The number of likely N-dealkylation sites (tertiary alicyclic amines) is 2. The zero-order chi connectivity index (χ0) is 9.26. The first-order valence-electron chi connectivity index (χ1n) is 5.36. The number of aliphatic hydroxyl groups is 1. The van der Waals surface area contributed by atoms with Crippen molar-refractivity contribution < 1.29 is 5.11 Å². The molecule has 0 aromatic heterocycles. The van der Waals surface area contributed by atoms with Crippen molar-refractivity contribution in [2.75, 3.05) is 33.3 Å². The quantitative estimate of drug-likeness (QED) is 0.661. The SMILES string of the molecule is CN1CCC(N2CCCC2CO)C1. The molecule has 1 N–H and O–H groups in total. The molecule has 0 aromatic carbocycles. The van der Waals surface area contributed by atoms with E-state index in [1.807, 2.05) is 0 Å². The number of hydrogen-bond acceptors (Lipinski definition) is 3. The van der Waals surface area contributed by atoms with Gasteiger partial charge in [0.1, 0.15) is 0 Å². The molecule has 3 heteroatoms. The minimum Gasteiger partial charge on any atom is -0.395 e. The molecule has 2 atom stereocenters. The van der Waals surface area contributed by atoms with E-state index in [0.717, 1.165) is 0 Å². The summed E-state index contributed by atoms with van der Waals surface area (Å²) in [6, 6.07) is 1.17. The van der Waals surface area contributed by atoms with Crippen LogP contribution in [-0.2, 0) is 0 Å². The Bertz CT molecular complexity index is 174. The van der Waals surface area contributed by atoms with Gasteiger partial charge < -0.3 is 10.0 Å². The first kappa shape index (κ1) is 9.44. The fourth-order valence-corrected chi connectivity index (χ4v) is 2.72. The molecule has 76 valence electrons. The first-order chi connectivity index (χ1) is 6.31. The van der Waals surface area contributed by atoms with Crippen molar-refractivity contribution in [1.29, 1.82) is 0 Å². The molecule has 2 saturated heterocycles. The van der Waals surface area contributed by atoms with E-state index in [0.29, 0.717) is 18.7 Å². The predicted molar refractivity (Wildman–Crippen MR) is 52.7 cm³/mol. The van der Waals surface area contributed by atoms with Crippen molar-refractivity contribution in [3.63, 3.8) is 0 Å². The molecule has 2 aliphatic rings. The largest absolute Gasteiger partial charge is 0.395 e. The van der Waals surface area contributed by atoms with Crippen LogP contribution in [-0.4, -0.2) is 60.3 Å². The van der Waals surface area contributed by atoms with E-state index < -0.39 is 0 Å². The van der Waals surface area contributed by atoms with Gasteiger partial charge in [0.25, 0.3) is 0 Å².